The van der Waals surface area contributed by atoms with Crippen LogP contribution in [-0.2, 0) is 0 Å². The summed E-state index contributed by atoms with van der Waals surface area (Å²) in [5, 5.41) is 8.83. The zero-order valence-corrected chi connectivity index (χ0v) is 10.7. The van der Waals surface area contributed by atoms with Crippen LogP contribution in [0.3, 0.4) is 0 Å². The minimum Gasteiger partial charge on any atom is -0.396 e. The molecular weight excluding hydrogens is 219 g/mol. The molecule has 1 atom stereocenters. The van der Waals surface area contributed by atoms with Crippen molar-refractivity contribution in [1.29, 1.82) is 0 Å². The van der Waals surface area contributed by atoms with Crippen LogP contribution in [-0.4, -0.2) is 25.3 Å². The molecule has 0 aliphatic carbocycles. The molecule has 4 heteroatoms. The number of anilines is 1. The fraction of sp³-hybridized carbons (Fsp3) is 0.538. The average molecular weight is 240 g/mol. The Labute approximate surface area is 102 Å². The van der Waals surface area contributed by atoms with Crippen LogP contribution in [0.15, 0.2) is 12.1 Å². The molecule has 1 rings (SSSR count). The second-order valence-electron chi connectivity index (χ2n) is 4.45. The van der Waals surface area contributed by atoms with Crippen molar-refractivity contribution in [2.24, 2.45) is 5.73 Å². The van der Waals surface area contributed by atoms with E-state index in [2.05, 4.69) is 0 Å². The lowest BCUT2D eigenvalue weighted by Gasteiger charge is -2.24. The molecule has 0 spiro atoms. The minimum atomic E-state index is -0.225. The molecule has 1 unspecified atom stereocenters. The molecule has 0 radical (unpaired) electrons. The number of nitrogens with two attached hydrogens (primary N) is 1. The number of rotatable bonds is 5. The summed E-state index contributed by atoms with van der Waals surface area (Å²) < 4.78 is 13.5. The molecule has 0 aliphatic rings. The highest BCUT2D eigenvalue weighted by Crippen LogP contribution is 2.27. The SMILES string of the molecule is Cc1cc(N(C)CCCO)c(C(C)N)cc1F. The van der Waals surface area contributed by atoms with Crippen molar-refractivity contribution in [1.82, 2.24) is 0 Å². The molecule has 0 saturated heterocycles. The van der Waals surface area contributed by atoms with Gasteiger partial charge in [0, 0.05) is 31.9 Å². The number of hydrogen-bond donors (Lipinski definition) is 2. The highest BCUT2D eigenvalue weighted by atomic mass is 19.1. The zero-order chi connectivity index (χ0) is 13.0. The monoisotopic (exact) mass is 240 g/mol. The molecule has 1 aromatic rings. The van der Waals surface area contributed by atoms with Gasteiger partial charge in [0.25, 0.3) is 0 Å². The lowest BCUT2D eigenvalue weighted by molar-refractivity contribution is 0.290. The molecule has 1 aromatic carbocycles. The van der Waals surface area contributed by atoms with Gasteiger partial charge in [-0.05, 0) is 43.5 Å². The first-order chi connectivity index (χ1) is 7.97. The number of aliphatic hydroxyl groups is 1. The summed E-state index contributed by atoms with van der Waals surface area (Å²) in [4.78, 5) is 2.00. The Morgan fingerprint density at radius 3 is 2.65 bits per heavy atom. The molecule has 0 aromatic heterocycles. The maximum Gasteiger partial charge on any atom is 0.126 e. The molecule has 0 bridgehead atoms. The second-order valence-corrected chi connectivity index (χ2v) is 4.45. The first-order valence-corrected chi connectivity index (χ1v) is 5.85. The lowest BCUT2D eigenvalue weighted by Crippen LogP contribution is -2.23. The number of hydrogen-bond acceptors (Lipinski definition) is 3. The van der Waals surface area contributed by atoms with Crippen LogP contribution < -0.4 is 10.6 Å². The second kappa shape index (κ2) is 5.98. The summed E-state index contributed by atoms with van der Waals surface area (Å²) in [6, 6.07) is 3.10. The van der Waals surface area contributed by atoms with Crippen molar-refractivity contribution in [2.75, 3.05) is 25.1 Å². The van der Waals surface area contributed by atoms with Gasteiger partial charge in [-0.25, -0.2) is 4.39 Å². The van der Waals surface area contributed by atoms with Crippen molar-refractivity contribution in [3.63, 3.8) is 0 Å². The number of benzene rings is 1. The maximum atomic E-state index is 13.5. The Morgan fingerprint density at radius 1 is 1.47 bits per heavy atom. The zero-order valence-electron chi connectivity index (χ0n) is 10.7. The predicted octanol–water partition coefficient (Wildman–Crippen LogP) is 1.97. The van der Waals surface area contributed by atoms with Crippen LogP contribution in [0.25, 0.3) is 0 Å². The number of halogens is 1. The largest absolute Gasteiger partial charge is 0.396 e. The molecule has 96 valence electrons. The summed E-state index contributed by atoms with van der Waals surface area (Å²) in [5.74, 6) is -0.225. The average Bonchev–Trinajstić information content (AvgIpc) is 2.28. The minimum absolute atomic E-state index is 0.151. The van der Waals surface area contributed by atoms with Gasteiger partial charge in [-0.3, -0.25) is 0 Å². The van der Waals surface area contributed by atoms with Gasteiger partial charge in [0.15, 0.2) is 0 Å². The summed E-state index contributed by atoms with van der Waals surface area (Å²) >= 11 is 0. The third kappa shape index (κ3) is 3.41. The molecule has 0 amide bonds. The summed E-state index contributed by atoms with van der Waals surface area (Å²) in [6.45, 7) is 4.45. The molecule has 17 heavy (non-hydrogen) atoms. The van der Waals surface area contributed by atoms with Crippen LogP contribution in [0.5, 0.6) is 0 Å². The van der Waals surface area contributed by atoms with Crippen molar-refractivity contribution in [2.45, 2.75) is 26.3 Å². The van der Waals surface area contributed by atoms with Gasteiger partial charge in [0.05, 0.1) is 0 Å². The highest BCUT2D eigenvalue weighted by Gasteiger charge is 2.13. The van der Waals surface area contributed by atoms with E-state index in [0.29, 0.717) is 12.0 Å². The Balaban J connectivity index is 3.07. The van der Waals surface area contributed by atoms with E-state index in [1.165, 1.54) is 6.07 Å². The van der Waals surface area contributed by atoms with Gasteiger partial charge in [-0.15, -0.1) is 0 Å². The quantitative estimate of drug-likeness (QED) is 0.827. The molecule has 3 nitrogen and oxygen atoms in total. The van der Waals surface area contributed by atoms with E-state index in [1.807, 2.05) is 24.9 Å². The van der Waals surface area contributed by atoms with Crippen LogP contribution in [0.2, 0.25) is 0 Å². The molecule has 0 fully saturated rings. The van der Waals surface area contributed by atoms with Crippen LogP contribution in [0.1, 0.15) is 30.5 Å². The van der Waals surface area contributed by atoms with E-state index in [0.717, 1.165) is 17.8 Å². The number of nitrogens with zero attached hydrogens (tertiary/aromatic N) is 1. The highest BCUT2D eigenvalue weighted by molar-refractivity contribution is 5.56. The lowest BCUT2D eigenvalue weighted by atomic mass is 10.0. The van der Waals surface area contributed by atoms with Crippen molar-refractivity contribution < 1.29 is 9.50 Å². The van der Waals surface area contributed by atoms with Crippen molar-refractivity contribution >= 4 is 5.69 Å². The Hall–Kier alpha value is -1.13. The van der Waals surface area contributed by atoms with E-state index in [9.17, 15) is 4.39 Å². The van der Waals surface area contributed by atoms with E-state index in [4.69, 9.17) is 10.8 Å². The van der Waals surface area contributed by atoms with E-state index >= 15 is 0 Å². The third-order valence-electron chi connectivity index (χ3n) is 2.86. The van der Waals surface area contributed by atoms with Gasteiger partial charge in [0.2, 0.25) is 0 Å². The van der Waals surface area contributed by atoms with Gasteiger partial charge in [0.1, 0.15) is 5.82 Å². The van der Waals surface area contributed by atoms with Gasteiger partial charge >= 0.3 is 0 Å². The maximum absolute atomic E-state index is 13.5. The Morgan fingerprint density at radius 2 is 2.12 bits per heavy atom. The molecule has 0 saturated carbocycles. The summed E-state index contributed by atoms with van der Waals surface area (Å²) in [6.07, 6.45) is 0.686. The smallest absolute Gasteiger partial charge is 0.126 e. The third-order valence-corrected chi connectivity index (χ3v) is 2.86. The Bertz CT molecular complexity index is 380. The number of aliphatic hydroxyl groups excluding tert-OH is 1. The normalized spacial score (nSPS) is 12.6. The first kappa shape index (κ1) is 13.9. The van der Waals surface area contributed by atoms with E-state index < -0.39 is 0 Å². The molecule has 3 N–H and O–H groups in total. The summed E-state index contributed by atoms with van der Waals surface area (Å²) in [7, 11) is 1.92. The number of aryl methyl sites for hydroxylation is 1. The van der Waals surface area contributed by atoms with Crippen LogP contribution >= 0.6 is 0 Å². The standard InChI is InChI=1S/C13H21FN2O/c1-9-7-13(16(3)5-4-6-17)11(10(2)15)8-12(9)14/h7-8,10,17H,4-6,15H2,1-3H3. The van der Waals surface area contributed by atoms with Gasteiger partial charge < -0.3 is 15.7 Å². The summed E-state index contributed by atoms with van der Waals surface area (Å²) in [5.41, 5.74) is 8.21. The Kier molecular flexibility index (Phi) is 4.90. The van der Waals surface area contributed by atoms with Crippen molar-refractivity contribution in [3.05, 3.63) is 29.1 Å². The topological polar surface area (TPSA) is 49.5 Å². The predicted molar refractivity (Wildman–Crippen MR) is 68.7 cm³/mol. The molecule has 0 aliphatic heterocycles. The first-order valence-electron chi connectivity index (χ1n) is 5.85. The van der Waals surface area contributed by atoms with Gasteiger partial charge in [-0.1, -0.05) is 0 Å². The van der Waals surface area contributed by atoms with Crippen LogP contribution in [0.4, 0.5) is 10.1 Å². The van der Waals surface area contributed by atoms with Crippen LogP contribution in [0, 0.1) is 12.7 Å². The van der Waals surface area contributed by atoms with E-state index in [1.54, 1.807) is 6.92 Å². The molecular formula is C13H21FN2O. The fourth-order valence-electron chi connectivity index (χ4n) is 1.81. The van der Waals surface area contributed by atoms with Crippen molar-refractivity contribution in [3.8, 4) is 0 Å². The van der Waals surface area contributed by atoms with E-state index in [-0.39, 0.29) is 18.5 Å². The van der Waals surface area contributed by atoms with Gasteiger partial charge in [-0.2, -0.15) is 0 Å². The molecule has 0 heterocycles. The fourth-order valence-corrected chi connectivity index (χ4v) is 1.81.